The summed E-state index contributed by atoms with van der Waals surface area (Å²) >= 11 is 12.3. The van der Waals surface area contributed by atoms with Gasteiger partial charge in [0.15, 0.2) is 0 Å². The molecule has 1 aromatic rings. The van der Waals surface area contributed by atoms with Gasteiger partial charge in [-0.05, 0) is 43.4 Å². The van der Waals surface area contributed by atoms with Crippen molar-refractivity contribution in [3.8, 4) is 0 Å². The molecule has 3 nitrogen and oxygen atoms in total. The lowest BCUT2D eigenvalue weighted by molar-refractivity contribution is -0.0959. The van der Waals surface area contributed by atoms with Crippen molar-refractivity contribution < 1.29 is 9.47 Å². The van der Waals surface area contributed by atoms with E-state index in [0.717, 1.165) is 24.8 Å². The molecular formula is C17H23Cl2NO2. The summed E-state index contributed by atoms with van der Waals surface area (Å²) in [6, 6.07) is 3.47. The number of nitrogens with two attached hydrogens (primary N) is 1. The maximum atomic E-state index is 6.38. The number of fused-ring (bicyclic) bond motifs is 2. The highest BCUT2D eigenvalue weighted by Crippen LogP contribution is 2.55. The first-order valence-electron chi connectivity index (χ1n) is 7.81. The Kier molecular flexibility index (Phi) is 4.14. The zero-order valence-corrected chi connectivity index (χ0v) is 14.8. The van der Waals surface area contributed by atoms with Crippen LogP contribution in [0.2, 0.25) is 10.0 Å². The van der Waals surface area contributed by atoms with Crippen LogP contribution in [0.25, 0.3) is 0 Å². The molecular weight excluding hydrogens is 321 g/mol. The molecule has 22 heavy (non-hydrogen) atoms. The Morgan fingerprint density at radius 1 is 1.36 bits per heavy atom. The molecule has 0 spiro atoms. The van der Waals surface area contributed by atoms with Gasteiger partial charge in [0.25, 0.3) is 0 Å². The summed E-state index contributed by atoms with van der Waals surface area (Å²) in [5.74, 6) is 0.494. The van der Waals surface area contributed by atoms with E-state index in [1.807, 2.05) is 6.07 Å². The number of hydrogen-bond donors (Lipinski definition) is 1. The second-order valence-electron chi connectivity index (χ2n) is 7.11. The van der Waals surface area contributed by atoms with Crippen LogP contribution in [-0.4, -0.2) is 17.3 Å². The number of hydrogen-bond acceptors (Lipinski definition) is 3. The smallest absolute Gasteiger partial charge is 0.0924 e. The summed E-state index contributed by atoms with van der Waals surface area (Å²) < 4.78 is 12.5. The van der Waals surface area contributed by atoms with E-state index in [-0.39, 0.29) is 17.3 Å². The van der Waals surface area contributed by atoms with E-state index >= 15 is 0 Å². The molecule has 0 saturated carbocycles. The van der Waals surface area contributed by atoms with Gasteiger partial charge in [0.1, 0.15) is 0 Å². The van der Waals surface area contributed by atoms with Gasteiger partial charge in [0.05, 0.1) is 34.6 Å². The van der Waals surface area contributed by atoms with Crippen LogP contribution in [0.4, 0.5) is 5.69 Å². The van der Waals surface area contributed by atoms with Gasteiger partial charge in [-0.3, -0.25) is 0 Å². The van der Waals surface area contributed by atoms with Crippen LogP contribution in [0, 0.1) is 5.92 Å². The van der Waals surface area contributed by atoms with Crippen LogP contribution in [0.5, 0.6) is 0 Å². The van der Waals surface area contributed by atoms with Crippen molar-refractivity contribution in [3.63, 3.8) is 0 Å². The summed E-state index contributed by atoms with van der Waals surface area (Å²) in [6.07, 6.45) is 3.18. The number of rotatable bonds is 4. The number of benzene rings is 1. The van der Waals surface area contributed by atoms with Gasteiger partial charge < -0.3 is 15.2 Å². The van der Waals surface area contributed by atoms with Crippen LogP contribution >= 0.6 is 23.2 Å². The molecule has 2 saturated heterocycles. The van der Waals surface area contributed by atoms with Crippen molar-refractivity contribution in [1.82, 2.24) is 0 Å². The first kappa shape index (κ1) is 16.4. The Labute approximate surface area is 142 Å². The molecule has 2 bridgehead atoms. The van der Waals surface area contributed by atoms with Crippen LogP contribution < -0.4 is 5.73 Å². The lowest BCUT2D eigenvalue weighted by atomic mass is 9.75. The van der Waals surface area contributed by atoms with E-state index in [2.05, 4.69) is 20.8 Å². The molecule has 122 valence electrons. The Hall–Kier alpha value is -0.480. The highest BCUT2D eigenvalue weighted by Gasteiger charge is 2.60. The molecule has 0 radical (unpaired) electrons. The predicted octanol–water partition coefficient (Wildman–Crippen LogP) is 4.83. The van der Waals surface area contributed by atoms with E-state index in [1.54, 1.807) is 6.07 Å². The summed E-state index contributed by atoms with van der Waals surface area (Å²) in [7, 11) is 0. The molecule has 5 heteroatoms. The molecule has 2 heterocycles. The van der Waals surface area contributed by atoms with E-state index in [4.69, 9.17) is 38.4 Å². The third-order valence-electron chi connectivity index (χ3n) is 5.33. The summed E-state index contributed by atoms with van der Waals surface area (Å²) in [5.41, 5.74) is 6.95. The Balaban J connectivity index is 1.73. The maximum Gasteiger partial charge on any atom is 0.0924 e. The highest BCUT2D eigenvalue weighted by molar-refractivity contribution is 6.35. The zero-order chi connectivity index (χ0) is 16.1. The van der Waals surface area contributed by atoms with Crippen molar-refractivity contribution >= 4 is 28.9 Å². The lowest BCUT2D eigenvalue weighted by Crippen LogP contribution is -2.38. The molecule has 2 aliphatic rings. The van der Waals surface area contributed by atoms with Gasteiger partial charge in [-0.15, -0.1) is 0 Å². The third-order valence-corrected chi connectivity index (χ3v) is 6.01. The molecule has 0 aliphatic carbocycles. The molecule has 0 aromatic heterocycles. The molecule has 3 atom stereocenters. The fraction of sp³-hybridized carbons (Fsp3) is 0.647. The van der Waals surface area contributed by atoms with Gasteiger partial charge in [0, 0.05) is 11.4 Å². The van der Waals surface area contributed by atoms with E-state index in [0.29, 0.717) is 28.3 Å². The molecule has 0 amide bonds. The molecule has 2 aliphatic heterocycles. The summed E-state index contributed by atoms with van der Waals surface area (Å²) in [5, 5.41) is 1.10. The van der Waals surface area contributed by atoms with Gasteiger partial charge in [-0.1, -0.05) is 37.0 Å². The van der Waals surface area contributed by atoms with Crippen LogP contribution in [0.1, 0.15) is 45.6 Å². The highest BCUT2D eigenvalue weighted by atomic mass is 35.5. The first-order chi connectivity index (χ1) is 10.3. The average molecular weight is 344 g/mol. The molecule has 1 aromatic carbocycles. The van der Waals surface area contributed by atoms with Crippen LogP contribution in [0.15, 0.2) is 12.1 Å². The van der Waals surface area contributed by atoms with E-state index in [1.165, 1.54) is 0 Å². The number of ether oxygens (including phenoxy) is 2. The minimum atomic E-state index is -0.194. The Bertz CT molecular complexity index is 592. The first-order valence-corrected chi connectivity index (χ1v) is 8.56. The minimum Gasteiger partial charge on any atom is -0.397 e. The largest absolute Gasteiger partial charge is 0.397 e. The molecule has 3 rings (SSSR count). The zero-order valence-electron chi connectivity index (χ0n) is 13.3. The molecule has 3 unspecified atom stereocenters. The normalized spacial score (nSPS) is 33.8. The van der Waals surface area contributed by atoms with E-state index in [9.17, 15) is 0 Å². The maximum absolute atomic E-state index is 6.38. The number of anilines is 1. The second-order valence-corrected chi connectivity index (χ2v) is 7.92. The average Bonchev–Trinajstić information content (AvgIpc) is 2.93. The Morgan fingerprint density at radius 2 is 2.09 bits per heavy atom. The number of nitrogen functional groups attached to an aromatic ring is 1. The topological polar surface area (TPSA) is 44.5 Å². The molecule has 2 N–H and O–H groups in total. The fourth-order valence-electron chi connectivity index (χ4n) is 3.77. The van der Waals surface area contributed by atoms with Crippen molar-refractivity contribution in [2.45, 2.75) is 63.9 Å². The monoisotopic (exact) mass is 343 g/mol. The number of halogens is 2. The van der Waals surface area contributed by atoms with Crippen molar-refractivity contribution in [1.29, 1.82) is 0 Å². The summed E-state index contributed by atoms with van der Waals surface area (Å²) in [4.78, 5) is 0. The minimum absolute atomic E-state index is 0.0312. The SMILES string of the molecule is CC(C)C12CCC(C)(O1)C(OCc1cc(Cl)cc(N)c1Cl)C2. The fourth-order valence-corrected chi connectivity index (χ4v) is 4.18. The summed E-state index contributed by atoms with van der Waals surface area (Å²) in [6.45, 7) is 7.01. The van der Waals surface area contributed by atoms with Gasteiger partial charge in [0.2, 0.25) is 0 Å². The van der Waals surface area contributed by atoms with Crippen molar-refractivity contribution in [3.05, 3.63) is 27.7 Å². The van der Waals surface area contributed by atoms with Crippen LogP contribution in [0.3, 0.4) is 0 Å². The van der Waals surface area contributed by atoms with E-state index < -0.39 is 0 Å². The quantitative estimate of drug-likeness (QED) is 0.796. The van der Waals surface area contributed by atoms with Crippen LogP contribution in [-0.2, 0) is 16.1 Å². The van der Waals surface area contributed by atoms with Crippen molar-refractivity contribution in [2.24, 2.45) is 5.92 Å². The van der Waals surface area contributed by atoms with Gasteiger partial charge in [-0.2, -0.15) is 0 Å². The van der Waals surface area contributed by atoms with Gasteiger partial charge >= 0.3 is 0 Å². The lowest BCUT2D eigenvalue weighted by Gasteiger charge is -2.31. The van der Waals surface area contributed by atoms with Crippen molar-refractivity contribution in [2.75, 3.05) is 5.73 Å². The standard InChI is InChI=1S/C17H23Cl2NO2/c1-10(2)17-5-4-16(3,22-17)14(8-17)21-9-11-6-12(18)7-13(20)15(11)19/h6-7,10,14H,4-5,8-9,20H2,1-3H3. The second kappa shape index (κ2) is 5.55. The predicted molar refractivity (Wildman–Crippen MR) is 90.4 cm³/mol. The molecule has 2 fully saturated rings. The Morgan fingerprint density at radius 3 is 2.73 bits per heavy atom. The van der Waals surface area contributed by atoms with Gasteiger partial charge in [-0.25, -0.2) is 0 Å². The third kappa shape index (κ3) is 2.62.